The highest BCUT2D eigenvalue weighted by Crippen LogP contribution is 2.32. The van der Waals surface area contributed by atoms with Crippen molar-refractivity contribution in [2.24, 2.45) is 0 Å². The number of carbonyl (C=O) groups is 2. The molecule has 0 N–H and O–H groups in total. The van der Waals surface area contributed by atoms with Crippen molar-refractivity contribution in [1.29, 1.82) is 0 Å². The number of aromatic nitrogens is 2. The largest absolute Gasteiger partial charge is 0.383 e. The monoisotopic (exact) mass is 550 g/mol. The molecule has 1 aliphatic heterocycles. The lowest BCUT2D eigenvalue weighted by Gasteiger charge is -2.35. The predicted octanol–water partition coefficient (Wildman–Crippen LogP) is 5.54. The molecule has 4 rings (SSSR count). The lowest BCUT2D eigenvalue weighted by Crippen LogP contribution is -2.46. The van der Waals surface area contributed by atoms with Gasteiger partial charge in [-0.2, -0.15) is 4.98 Å². The number of hydrogen-bond donors (Lipinski definition) is 0. The first-order valence-electron chi connectivity index (χ1n) is 11.5. The Balaban J connectivity index is 1.52. The molecule has 36 heavy (non-hydrogen) atoms. The van der Waals surface area contributed by atoms with Crippen LogP contribution < -0.4 is 0 Å². The highest BCUT2D eigenvalue weighted by atomic mass is 35.5. The number of halogens is 3. The van der Waals surface area contributed by atoms with E-state index in [0.29, 0.717) is 40.3 Å². The van der Waals surface area contributed by atoms with Crippen molar-refractivity contribution in [3.05, 3.63) is 69.0 Å². The SMILES string of the molecule is COCCN(CC(=O)N1CCCCC1c1nc(-c2ccc(Cl)cc2)no1)C(=O)c1ccc(Cl)c(Cl)c1. The standard InChI is InChI=1S/C25H25Cl3N4O4/c1-35-13-12-31(25(34)17-7-10-19(27)20(28)14-17)15-22(33)32-11-3-2-4-21(32)24-29-23(30-36-24)16-5-8-18(26)9-6-16/h5-10,14,21H,2-4,11-13,15H2,1H3. The fraction of sp³-hybridized carbons (Fsp3) is 0.360. The Morgan fingerprint density at radius 3 is 2.61 bits per heavy atom. The second-order valence-corrected chi connectivity index (χ2v) is 9.66. The van der Waals surface area contributed by atoms with E-state index in [1.807, 2.05) is 12.1 Å². The first kappa shape index (κ1) is 26.4. The molecule has 1 atom stereocenters. The quantitative estimate of drug-likeness (QED) is 0.365. The van der Waals surface area contributed by atoms with Crippen LogP contribution in [0.1, 0.15) is 41.6 Å². The zero-order valence-corrected chi connectivity index (χ0v) is 21.9. The number of ether oxygens (including phenoxy) is 1. The van der Waals surface area contributed by atoms with E-state index in [-0.39, 0.29) is 42.6 Å². The van der Waals surface area contributed by atoms with Crippen LogP contribution in [0.4, 0.5) is 0 Å². The summed E-state index contributed by atoms with van der Waals surface area (Å²) in [6.45, 7) is 0.914. The van der Waals surface area contributed by atoms with E-state index in [9.17, 15) is 9.59 Å². The highest BCUT2D eigenvalue weighted by molar-refractivity contribution is 6.42. The van der Waals surface area contributed by atoms with Gasteiger partial charge in [0.2, 0.25) is 17.6 Å². The van der Waals surface area contributed by atoms with Crippen LogP contribution in [0.2, 0.25) is 15.1 Å². The molecule has 2 heterocycles. The third-order valence-corrected chi connectivity index (χ3v) is 6.99. The summed E-state index contributed by atoms with van der Waals surface area (Å²) in [5.41, 5.74) is 1.11. The molecule has 0 radical (unpaired) electrons. The minimum absolute atomic E-state index is 0.128. The number of amides is 2. The van der Waals surface area contributed by atoms with Crippen LogP contribution >= 0.6 is 34.8 Å². The Labute approximate surface area is 224 Å². The topological polar surface area (TPSA) is 88.8 Å². The van der Waals surface area contributed by atoms with E-state index in [1.165, 1.54) is 18.1 Å². The molecule has 1 fully saturated rings. The number of nitrogens with zero attached hydrogens (tertiary/aromatic N) is 4. The summed E-state index contributed by atoms with van der Waals surface area (Å²) >= 11 is 18.1. The second-order valence-electron chi connectivity index (χ2n) is 8.41. The summed E-state index contributed by atoms with van der Waals surface area (Å²) in [7, 11) is 1.54. The van der Waals surface area contributed by atoms with Gasteiger partial charge in [-0.15, -0.1) is 0 Å². The Hall–Kier alpha value is -2.65. The van der Waals surface area contributed by atoms with Crippen molar-refractivity contribution < 1.29 is 18.8 Å². The van der Waals surface area contributed by atoms with Gasteiger partial charge in [0.05, 0.1) is 16.7 Å². The molecular formula is C25H25Cl3N4O4. The molecule has 0 spiro atoms. The van der Waals surface area contributed by atoms with Crippen molar-refractivity contribution >= 4 is 46.6 Å². The van der Waals surface area contributed by atoms with Crippen LogP contribution in [0.5, 0.6) is 0 Å². The summed E-state index contributed by atoms with van der Waals surface area (Å²) < 4.78 is 10.7. The van der Waals surface area contributed by atoms with Gasteiger partial charge in [-0.1, -0.05) is 40.0 Å². The lowest BCUT2D eigenvalue weighted by molar-refractivity contribution is -0.136. The first-order valence-corrected chi connectivity index (χ1v) is 12.6. The average Bonchev–Trinajstić information content (AvgIpc) is 3.38. The third kappa shape index (κ3) is 6.18. The van der Waals surface area contributed by atoms with Gasteiger partial charge in [0.25, 0.3) is 5.91 Å². The lowest BCUT2D eigenvalue weighted by atomic mass is 10.0. The van der Waals surface area contributed by atoms with Gasteiger partial charge in [0.15, 0.2) is 0 Å². The van der Waals surface area contributed by atoms with Crippen LogP contribution in [-0.2, 0) is 9.53 Å². The number of benzene rings is 2. The molecule has 0 bridgehead atoms. The third-order valence-electron chi connectivity index (χ3n) is 6.00. The van der Waals surface area contributed by atoms with Gasteiger partial charge < -0.3 is 19.1 Å². The summed E-state index contributed by atoms with van der Waals surface area (Å²) in [6.07, 6.45) is 2.45. The second kappa shape index (κ2) is 12.1. The average molecular weight is 552 g/mol. The molecule has 1 saturated heterocycles. The van der Waals surface area contributed by atoms with Crippen molar-refractivity contribution in [2.45, 2.75) is 25.3 Å². The van der Waals surface area contributed by atoms with Crippen LogP contribution in [0, 0.1) is 0 Å². The fourth-order valence-corrected chi connectivity index (χ4v) is 4.52. The molecule has 11 heteroatoms. The van der Waals surface area contributed by atoms with E-state index >= 15 is 0 Å². The fourth-order valence-electron chi connectivity index (χ4n) is 4.09. The molecule has 1 aliphatic rings. The molecule has 0 saturated carbocycles. The molecule has 3 aromatic rings. The van der Waals surface area contributed by atoms with Crippen molar-refractivity contribution in [2.75, 3.05) is 33.4 Å². The van der Waals surface area contributed by atoms with E-state index in [1.54, 1.807) is 29.2 Å². The maximum absolute atomic E-state index is 13.5. The smallest absolute Gasteiger partial charge is 0.254 e. The number of hydrogen-bond acceptors (Lipinski definition) is 6. The minimum Gasteiger partial charge on any atom is -0.383 e. The molecule has 2 aromatic carbocycles. The zero-order valence-electron chi connectivity index (χ0n) is 19.6. The first-order chi connectivity index (χ1) is 17.4. The molecule has 2 amide bonds. The van der Waals surface area contributed by atoms with Crippen molar-refractivity contribution in [1.82, 2.24) is 19.9 Å². The summed E-state index contributed by atoms with van der Waals surface area (Å²) in [6, 6.07) is 11.4. The van der Waals surface area contributed by atoms with E-state index in [0.717, 1.165) is 18.4 Å². The van der Waals surface area contributed by atoms with Gasteiger partial charge in [0, 0.05) is 36.3 Å². The normalized spacial score (nSPS) is 15.7. The molecule has 8 nitrogen and oxygen atoms in total. The zero-order chi connectivity index (χ0) is 25.7. The molecule has 0 aliphatic carbocycles. The van der Waals surface area contributed by atoms with E-state index in [4.69, 9.17) is 44.1 Å². The van der Waals surface area contributed by atoms with E-state index in [2.05, 4.69) is 10.1 Å². The Bertz CT molecular complexity index is 1220. The number of piperidine rings is 1. The Morgan fingerprint density at radius 2 is 1.89 bits per heavy atom. The van der Waals surface area contributed by atoms with Gasteiger partial charge in [-0.3, -0.25) is 9.59 Å². The molecule has 1 aromatic heterocycles. The van der Waals surface area contributed by atoms with Crippen LogP contribution in [0.3, 0.4) is 0 Å². The summed E-state index contributed by atoms with van der Waals surface area (Å²) in [5, 5.41) is 5.33. The Kier molecular flexibility index (Phi) is 8.85. The number of likely N-dealkylation sites (tertiary alicyclic amines) is 1. The number of rotatable bonds is 8. The minimum atomic E-state index is -0.371. The predicted molar refractivity (Wildman–Crippen MR) is 137 cm³/mol. The summed E-state index contributed by atoms with van der Waals surface area (Å²) in [4.78, 5) is 34.4. The molecule has 1 unspecified atom stereocenters. The summed E-state index contributed by atoms with van der Waals surface area (Å²) in [5.74, 6) is 0.245. The van der Waals surface area contributed by atoms with Crippen LogP contribution in [-0.4, -0.2) is 65.1 Å². The van der Waals surface area contributed by atoms with Gasteiger partial charge in [0.1, 0.15) is 12.6 Å². The maximum atomic E-state index is 13.5. The van der Waals surface area contributed by atoms with Gasteiger partial charge >= 0.3 is 0 Å². The molecule has 190 valence electrons. The molecular weight excluding hydrogens is 527 g/mol. The van der Waals surface area contributed by atoms with Crippen molar-refractivity contribution in [3.8, 4) is 11.4 Å². The van der Waals surface area contributed by atoms with Crippen molar-refractivity contribution in [3.63, 3.8) is 0 Å². The Morgan fingerprint density at radius 1 is 1.11 bits per heavy atom. The van der Waals surface area contributed by atoms with Gasteiger partial charge in [-0.25, -0.2) is 0 Å². The van der Waals surface area contributed by atoms with Gasteiger partial charge in [-0.05, 0) is 61.7 Å². The van der Waals surface area contributed by atoms with Crippen LogP contribution in [0.15, 0.2) is 47.0 Å². The van der Waals surface area contributed by atoms with Crippen LogP contribution in [0.25, 0.3) is 11.4 Å². The van der Waals surface area contributed by atoms with E-state index < -0.39 is 0 Å². The number of carbonyl (C=O) groups excluding carboxylic acids is 2. The number of methoxy groups -OCH3 is 1. The maximum Gasteiger partial charge on any atom is 0.254 e. The highest BCUT2D eigenvalue weighted by Gasteiger charge is 2.33.